The molecule has 6 nitrogen and oxygen atoms in total. The Kier molecular flexibility index (Phi) is 3.40. The summed E-state index contributed by atoms with van der Waals surface area (Å²) in [6.45, 7) is 0.910. The van der Waals surface area contributed by atoms with Crippen LogP contribution in [0.15, 0.2) is 18.2 Å². The summed E-state index contributed by atoms with van der Waals surface area (Å²) in [5.41, 5.74) is -0.140. The first-order chi connectivity index (χ1) is 8.52. The topological polar surface area (TPSA) is 93.0 Å². The molecule has 4 N–H and O–H groups in total. The Morgan fingerprint density at radius 3 is 2.44 bits per heavy atom. The summed E-state index contributed by atoms with van der Waals surface area (Å²) in [4.78, 5) is 13.5. The van der Waals surface area contributed by atoms with Gasteiger partial charge in [-0.1, -0.05) is 6.07 Å². The van der Waals surface area contributed by atoms with Gasteiger partial charge in [-0.05, 0) is 12.1 Å². The predicted molar refractivity (Wildman–Crippen MR) is 64.5 cm³/mol. The first kappa shape index (κ1) is 12.7. The minimum absolute atomic E-state index is 0.140. The number of nitrogens with one attached hydrogen (secondary N) is 1. The van der Waals surface area contributed by atoms with Crippen molar-refractivity contribution in [3.8, 4) is 11.5 Å². The van der Waals surface area contributed by atoms with E-state index in [-0.39, 0.29) is 23.1 Å². The molecule has 98 valence electrons. The Morgan fingerprint density at radius 2 is 1.94 bits per heavy atom. The van der Waals surface area contributed by atoms with Crippen LogP contribution in [0.3, 0.4) is 0 Å². The highest BCUT2D eigenvalue weighted by Gasteiger charge is 2.33. The zero-order valence-corrected chi connectivity index (χ0v) is 10.00. The molecule has 1 aliphatic rings. The zero-order valence-electron chi connectivity index (χ0n) is 10.00. The first-order valence-electron chi connectivity index (χ1n) is 5.69. The van der Waals surface area contributed by atoms with Crippen LogP contribution in [-0.4, -0.2) is 58.4 Å². The van der Waals surface area contributed by atoms with Crippen LogP contribution >= 0.6 is 0 Å². The number of aromatic hydroxyl groups is 2. The largest absolute Gasteiger partial charge is 0.507 e. The van der Waals surface area contributed by atoms with Crippen molar-refractivity contribution in [2.75, 3.05) is 20.1 Å². The van der Waals surface area contributed by atoms with E-state index in [9.17, 15) is 20.1 Å². The fraction of sp³-hybridized carbons (Fsp3) is 0.417. The smallest absolute Gasteiger partial charge is 0.261 e. The van der Waals surface area contributed by atoms with Gasteiger partial charge in [0.15, 0.2) is 0 Å². The number of hydrogen-bond acceptors (Lipinski definition) is 5. The van der Waals surface area contributed by atoms with Crippen LogP contribution in [0, 0.1) is 0 Å². The van der Waals surface area contributed by atoms with Crippen LogP contribution in [0.5, 0.6) is 11.5 Å². The maximum atomic E-state index is 12.2. The van der Waals surface area contributed by atoms with Gasteiger partial charge in [-0.3, -0.25) is 4.79 Å². The van der Waals surface area contributed by atoms with Crippen molar-refractivity contribution in [2.24, 2.45) is 0 Å². The summed E-state index contributed by atoms with van der Waals surface area (Å²) < 4.78 is 0. The lowest BCUT2D eigenvalue weighted by Crippen LogP contribution is -2.44. The Labute approximate surface area is 104 Å². The molecule has 1 aliphatic heterocycles. The van der Waals surface area contributed by atoms with Crippen molar-refractivity contribution in [2.45, 2.75) is 12.1 Å². The number of likely N-dealkylation sites (N-methyl/N-ethyl adjacent to an activating group) is 1. The molecule has 1 aromatic carbocycles. The Morgan fingerprint density at radius 1 is 1.33 bits per heavy atom. The standard InChI is InChI=1S/C12H16N2O4/c1-14(7-5-13-6-10(7)17)12(18)11-8(15)3-2-4-9(11)16/h2-4,7,10,13,15-17H,5-6H2,1H3/t7-,10-/m0/s1. The summed E-state index contributed by atoms with van der Waals surface area (Å²) in [7, 11) is 1.54. The van der Waals surface area contributed by atoms with Crippen molar-refractivity contribution >= 4 is 5.91 Å². The number of phenolic OH excluding ortho intramolecular Hbond substituents is 2. The summed E-state index contributed by atoms with van der Waals surface area (Å²) in [6, 6.07) is 3.76. The quantitative estimate of drug-likeness (QED) is 0.569. The number of rotatable bonds is 2. The molecule has 0 aromatic heterocycles. The van der Waals surface area contributed by atoms with Crippen molar-refractivity contribution in [3.05, 3.63) is 23.8 Å². The fourth-order valence-electron chi connectivity index (χ4n) is 2.12. The molecule has 2 atom stereocenters. The van der Waals surface area contributed by atoms with Crippen LogP contribution < -0.4 is 5.32 Å². The summed E-state index contributed by atoms with van der Waals surface area (Å²) in [5, 5.41) is 31.9. The van der Waals surface area contributed by atoms with Crippen molar-refractivity contribution < 1.29 is 20.1 Å². The average Bonchev–Trinajstić information content (AvgIpc) is 2.74. The van der Waals surface area contributed by atoms with Gasteiger partial charge in [-0.25, -0.2) is 0 Å². The van der Waals surface area contributed by atoms with Gasteiger partial charge in [0.05, 0.1) is 12.1 Å². The molecule has 0 aliphatic carbocycles. The molecule has 6 heteroatoms. The molecular formula is C12H16N2O4. The van der Waals surface area contributed by atoms with E-state index in [0.717, 1.165) is 0 Å². The molecule has 1 heterocycles. The molecule has 0 radical (unpaired) electrons. The fourth-order valence-corrected chi connectivity index (χ4v) is 2.12. The van der Waals surface area contributed by atoms with Crippen LogP contribution in [0.1, 0.15) is 10.4 Å². The zero-order chi connectivity index (χ0) is 13.3. The lowest BCUT2D eigenvalue weighted by atomic mass is 10.1. The van der Waals surface area contributed by atoms with E-state index < -0.39 is 12.0 Å². The lowest BCUT2D eigenvalue weighted by molar-refractivity contribution is 0.0575. The SMILES string of the molecule is CN(C(=O)c1c(O)cccc1O)[C@H]1CNC[C@@H]1O. The molecule has 1 saturated heterocycles. The lowest BCUT2D eigenvalue weighted by Gasteiger charge is -2.26. The van der Waals surface area contributed by atoms with Crippen molar-refractivity contribution in [1.29, 1.82) is 0 Å². The predicted octanol–water partition coefficient (Wildman–Crippen LogP) is -0.498. The number of amides is 1. The number of aliphatic hydroxyl groups excluding tert-OH is 1. The summed E-state index contributed by atoms with van der Waals surface area (Å²) in [6.07, 6.45) is -0.646. The monoisotopic (exact) mass is 252 g/mol. The third-order valence-electron chi connectivity index (χ3n) is 3.20. The molecular weight excluding hydrogens is 236 g/mol. The highest BCUT2D eigenvalue weighted by Crippen LogP contribution is 2.28. The second kappa shape index (κ2) is 4.83. The minimum Gasteiger partial charge on any atom is -0.507 e. The van der Waals surface area contributed by atoms with E-state index in [1.807, 2.05) is 0 Å². The Balaban J connectivity index is 2.26. The van der Waals surface area contributed by atoms with Gasteiger partial charge in [0, 0.05) is 20.1 Å². The van der Waals surface area contributed by atoms with E-state index >= 15 is 0 Å². The number of hydrogen-bond donors (Lipinski definition) is 4. The molecule has 1 aromatic rings. The molecule has 0 saturated carbocycles. The molecule has 2 rings (SSSR count). The van der Waals surface area contributed by atoms with Gasteiger partial charge >= 0.3 is 0 Å². The number of carbonyl (C=O) groups is 1. The Bertz CT molecular complexity index is 443. The van der Waals surface area contributed by atoms with Gasteiger partial charge in [0.25, 0.3) is 5.91 Å². The van der Waals surface area contributed by atoms with E-state index in [1.54, 1.807) is 0 Å². The molecule has 0 bridgehead atoms. The van der Waals surface area contributed by atoms with Crippen LogP contribution in [-0.2, 0) is 0 Å². The highest BCUT2D eigenvalue weighted by molar-refractivity contribution is 5.99. The average molecular weight is 252 g/mol. The van der Waals surface area contributed by atoms with Crippen molar-refractivity contribution in [3.63, 3.8) is 0 Å². The van der Waals surface area contributed by atoms with Gasteiger partial charge in [-0.15, -0.1) is 0 Å². The first-order valence-corrected chi connectivity index (χ1v) is 5.69. The molecule has 18 heavy (non-hydrogen) atoms. The van der Waals surface area contributed by atoms with E-state index in [0.29, 0.717) is 13.1 Å². The minimum atomic E-state index is -0.646. The van der Waals surface area contributed by atoms with E-state index in [2.05, 4.69) is 5.32 Å². The van der Waals surface area contributed by atoms with Gasteiger partial charge in [-0.2, -0.15) is 0 Å². The second-order valence-electron chi connectivity index (χ2n) is 4.38. The number of aliphatic hydroxyl groups is 1. The highest BCUT2D eigenvalue weighted by atomic mass is 16.3. The van der Waals surface area contributed by atoms with Gasteiger partial charge in [0.2, 0.25) is 0 Å². The molecule has 0 spiro atoms. The normalized spacial score (nSPS) is 23.0. The summed E-state index contributed by atoms with van der Waals surface area (Å²) >= 11 is 0. The second-order valence-corrected chi connectivity index (χ2v) is 4.38. The maximum absolute atomic E-state index is 12.2. The number of carbonyl (C=O) groups excluding carboxylic acids is 1. The molecule has 1 amide bonds. The number of benzene rings is 1. The third-order valence-corrected chi connectivity index (χ3v) is 3.20. The maximum Gasteiger partial charge on any atom is 0.261 e. The third kappa shape index (κ3) is 2.12. The van der Waals surface area contributed by atoms with E-state index in [1.165, 1.54) is 30.1 Å². The number of phenols is 2. The molecule has 0 unspecified atom stereocenters. The Hall–Kier alpha value is -1.79. The van der Waals surface area contributed by atoms with E-state index in [4.69, 9.17) is 0 Å². The van der Waals surface area contributed by atoms with Crippen molar-refractivity contribution in [1.82, 2.24) is 10.2 Å². The number of nitrogens with zero attached hydrogens (tertiary/aromatic N) is 1. The van der Waals surface area contributed by atoms with Gasteiger partial charge < -0.3 is 25.5 Å². The summed E-state index contributed by atoms with van der Waals surface area (Å²) in [5.74, 6) is -1.06. The van der Waals surface area contributed by atoms with Crippen LogP contribution in [0.2, 0.25) is 0 Å². The molecule has 1 fully saturated rings. The van der Waals surface area contributed by atoms with Crippen LogP contribution in [0.25, 0.3) is 0 Å². The number of β-amino-alcohol motifs (C(OH)–C–C–N with tert-alkyl or cyclic N) is 1. The van der Waals surface area contributed by atoms with Gasteiger partial charge in [0.1, 0.15) is 17.1 Å². The van der Waals surface area contributed by atoms with Crippen LogP contribution in [0.4, 0.5) is 0 Å².